The predicted molar refractivity (Wildman–Crippen MR) is 64.8 cm³/mol. The predicted octanol–water partition coefficient (Wildman–Crippen LogP) is 2.99. The minimum atomic E-state index is -0.176. The van der Waals surface area contributed by atoms with E-state index in [0.29, 0.717) is 0 Å². The maximum absolute atomic E-state index is 9.58. The van der Waals surface area contributed by atoms with E-state index in [4.69, 9.17) is 4.74 Å². The average molecular weight is 220 g/mol. The molecule has 2 heteroatoms. The molecule has 1 aromatic rings. The van der Waals surface area contributed by atoms with E-state index in [2.05, 4.69) is 26.0 Å². The molecule has 0 aromatic heterocycles. The molecule has 0 heterocycles. The van der Waals surface area contributed by atoms with Gasteiger partial charge in [0, 0.05) is 6.42 Å². The van der Waals surface area contributed by atoms with Gasteiger partial charge in [-0.2, -0.15) is 0 Å². The third kappa shape index (κ3) is 2.76. The van der Waals surface area contributed by atoms with Crippen LogP contribution < -0.4 is 4.74 Å². The van der Waals surface area contributed by atoms with Crippen LogP contribution in [-0.2, 0) is 0 Å². The third-order valence-electron chi connectivity index (χ3n) is 3.38. The number of rotatable bonds is 2. The van der Waals surface area contributed by atoms with E-state index in [1.54, 1.807) is 0 Å². The highest BCUT2D eigenvalue weighted by molar-refractivity contribution is 5.33. The van der Waals surface area contributed by atoms with Crippen LogP contribution in [0.15, 0.2) is 18.2 Å². The summed E-state index contributed by atoms with van der Waals surface area (Å²) >= 11 is 0. The van der Waals surface area contributed by atoms with Crippen LogP contribution in [0.2, 0.25) is 0 Å². The van der Waals surface area contributed by atoms with Crippen LogP contribution in [0.3, 0.4) is 0 Å². The molecule has 88 valence electrons. The number of aryl methyl sites for hydroxylation is 2. The van der Waals surface area contributed by atoms with E-state index in [1.807, 2.05) is 6.07 Å². The van der Waals surface area contributed by atoms with E-state index < -0.39 is 0 Å². The molecule has 1 aliphatic rings. The molecule has 0 radical (unpaired) electrons. The van der Waals surface area contributed by atoms with Gasteiger partial charge in [0.1, 0.15) is 11.9 Å². The van der Waals surface area contributed by atoms with Gasteiger partial charge >= 0.3 is 0 Å². The molecule has 1 saturated carbocycles. The summed E-state index contributed by atoms with van der Waals surface area (Å²) in [5.74, 6) is 0.933. The van der Waals surface area contributed by atoms with Gasteiger partial charge in [0.15, 0.2) is 0 Å². The van der Waals surface area contributed by atoms with Crippen molar-refractivity contribution in [1.82, 2.24) is 0 Å². The molecule has 2 unspecified atom stereocenters. The molecule has 0 amide bonds. The van der Waals surface area contributed by atoms with Crippen molar-refractivity contribution >= 4 is 0 Å². The lowest BCUT2D eigenvalue weighted by Crippen LogP contribution is -2.28. The summed E-state index contributed by atoms with van der Waals surface area (Å²) in [6.45, 7) is 4.20. The average Bonchev–Trinajstić information content (AvgIpc) is 2.24. The Morgan fingerprint density at radius 3 is 2.69 bits per heavy atom. The highest BCUT2D eigenvalue weighted by atomic mass is 16.5. The number of benzene rings is 1. The first-order chi connectivity index (χ1) is 7.65. The minimum absolute atomic E-state index is 0.176. The van der Waals surface area contributed by atoms with Gasteiger partial charge in [0.2, 0.25) is 0 Å². The highest BCUT2D eigenvalue weighted by Gasteiger charge is 2.21. The molecule has 16 heavy (non-hydrogen) atoms. The van der Waals surface area contributed by atoms with Crippen LogP contribution in [-0.4, -0.2) is 17.3 Å². The molecule has 0 bridgehead atoms. The van der Waals surface area contributed by atoms with E-state index >= 15 is 0 Å². The van der Waals surface area contributed by atoms with Gasteiger partial charge < -0.3 is 9.84 Å². The highest BCUT2D eigenvalue weighted by Crippen LogP contribution is 2.25. The lowest BCUT2D eigenvalue weighted by molar-refractivity contribution is 0.0536. The van der Waals surface area contributed by atoms with Crippen molar-refractivity contribution < 1.29 is 9.84 Å². The zero-order valence-corrected chi connectivity index (χ0v) is 10.1. The first-order valence-corrected chi connectivity index (χ1v) is 6.07. The Hall–Kier alpha value is -1.02. The number of ether oxygens (including phenoxy) is 1. The van der Waals surface area contributed by atoms with Crippen molar-refractivity contribution in [2.75, 3.05) is 0 Å². The lowest BCUT2D eigenvalue weighted by Gasteiger charge is -2.26. The van der Waals surface area contributed by atoms with Crippen molar-refractivity contribution in [3.8, 4) is 5.75 Å². The van der Waals surface area contributed by atoms with Crippen molar-refractivity contribution in [3.63, 3.8) is 0 Å². The van der Waals surface area contributed by atoms with Crippen LogP contribution in [0, 0.1) is 13.8 Å². The smallest absolute Gasteiger partial charge is 0.120 e. The quantitative estimate of drug-likeness (QED) is 0.830. The molecular weight excluding hydrogens is 200 g/mol. The summed E-state index contributed by atoms with van der Waals surface area (Å²) < 4.78 is 5.90. The van der Waals surface area contributed by atoms with E-state index in [0.717, 1.165) is 31.4 Å². The first kappa shape index (κ1) is 11.5. The van der Waals surface area contributed by atoms with Crippen molar-refractivity contribution in [2.45, 2.75) is 51.7 Å². The summed E-state index contributed by atoms with van der Waals surface area (Å²) in [6.07, 6.45) is 3.83. The minimum Gasteiger partial charge on any atom is -0.490 e. The third-order valence-corrected chi connectivity index (χ3v) is 3.38. The number of hydrogen-bond acceptors (Lipinski definition) is 2. The van der Waals surface area contributed by atoms with E-state index in [-0.39, 0.29) is 12.2 Å². The first-order valence-electron chi connectivity index (χ1n) is 6.07. The molecule has 2 nitrogen and oxygen atoms in total. The van der Waals surface area contributed by atoms with Gasteiger partial charge in [-0.1, -0.05) is 6.07 Å². The standard InChI is InChI=1S/C14H20O2/c1-10-6-7-14(8-11(10)2)16-13-5-3-4-12(15)9-13/h6-8,12-13,15H,3-5,9H2,1-2H3. The second kappa shape index (κ2) is 4.88. The Balaban J connectivity index is 2.00. The van der Waals surface area contributed by atoms with Gasteiger partial charge in [0.25, 0.3) is 0 Å². The summed E-state index contributed by atoms with van der Waals surface area (Å²) in [7, 11) is 0. The lowest BCUT2D eigenvalue weighted by atomic mass is 9.95. The van der Waals surface area contributed by atoms with Crippen LogP contribution in [0.4, 0.5) is 0 Å². The van der Waals surface area contributed by atoms with Crippen molar-refractivity contribution in [1.29, 1.82) is 0 Å². The SMILES string of the molecule is Cc1ccc(OC2CCCC(O)C2)cc1C. The monoisotopic (exact) mass is 220 g/mol. The molecule has 2 rings (SSSR count). The van der Waals surface area contributed by atoms with E-state index in [1.165, 1.54) is 11.1 Å². The Labute approximate surface area is 97.3 Å². The number of aliphatic hydroxyl groups is 1. The zero-order chi connectivity index (χ0) is 11.5. The van der Waals surface area contributed by atoms with Gasteiger partial charge in [-0.15, -0.1) is 0 Å². The van der Waals surface area contributed by atoms with Crippen LogP contribution in [0.1, 0.15) is 36.8 Å². The molecule has 0 spiro atoms. The molecule has 0 aliphatic heterocycles. The molecule has 1 aliphatic carbocycles. The van der Waals surface area contributed by atoms with Gasteiger partial charge in [0.05, 0.1) is 6.10 Å². The fourth-order valence-electron chi connectivity index (χ4n) is 2.21. The molecule has 0 saturated heterocycles. The Morgan fingerprint density at radius 2 is 2.00 bits per heavy atom. The summed E-state index contributed by atoms with van der Waals surface area (Å²) in [6, 6.07) is 6.18. The fourth-order valence-corrected chi connectivity index (χ4v) is 2.21. The Kier molecular flexibility index (Phi) is 3.49. The summed E-state index contributed by atoms with van der Waals surface area (Å²) in [5, 5.41) is 9.58. The maximum atomic E-state index is 9.58. The van der Waals surface area contributed by atoms with Crippen molar-refractivity contribution in [3.05, 3.63) is 29.3 Å². The second-order valence-corrected chi connectivity index (χ2v) is 4.81. The second-order valence-electron chi connectivity index (χ2n) is 4.81. The summed E-state index contributed by atoms with van der Waals surface area (Å²) in [5.41, 5.74) is 2.55. The van der Waals surface area contributed by atoms with Crippen LogP contribution in [0.5, 0.6) is 5.75 Å². The Bertz CT molecular complexity index is 360. The zero-order valence-electron chi connectivity index (χ0n) is 10.1. The molecule has 1 N–H and O–H groups in total. The normalized spacial score (nSPS) is 25.4. The largest absolute Gasteiger partial charge is 0.490 e. The number of hydrogen-bond donors (Lipinski definition) is 1. The Morgan fingerprint density at radius 1 is 1.19 bits per heavy atom. The maximum Gasteiger partial charge on any atom is 0.120 e. The van der Waals surface area contributed by atoms with Crippen LogP contribution in [0.25, 0.3) is 0 Å². The molecule has 1 fully saturated rings. The van der Waals surface area contributed by atoms with Crippen LogP contribution >= 0.6 is 0 Å². The van der Waals surface area contributed by atoms with Gasteiger partial charge in [-0.25, -0.2) is 0 Å². The summed E-state index contributed by atoms with van der Waals surface area (Å²) in [4.78, 5) is 0. The molecular formula is C14H20O2. The molecule has 2 atom stereocenters. The molecule has 1 aromatic carbocycles. The van der Waals surface area contributed by atoms with Gasteiger partial charge in [-0.05, 0) is 56.4 Å². The van der Waals surface area contributed by atoms with E-state index in [9.17, 15) is 5.11 Å². The number of aliphatic hydroxyl groups excluding tert-OH is 1. The van der Waals surface area contributed by atoms with Gasteiger partial charge in [-0.3, -0.25) is 0 Å². The fraction of sp³-hybridized carbons (Fsp3) is 0.571. The topological polar surface area (TPSA) is 29.5 Å². The van der Waals surface area contributed by atoms with Crippen molar-refractivity contribution in [2.24, 2.45) is 0 Å².